The Morgan fingerprint density at radius 3 is 2.68 bits per heavy atom. The molecule has 0 aliphatic rings. The van der Waals surface area contributed by atoms with Crippen molar-refractivity contribution < 1.29 is 14.1 Å². The van der Waals surface area contributed by atoms with Crippen LogP contribution in [-0.2, 0) is 0 Å². The molecule has 2 aromatic carbocycles. The lowest BCUT2D eigenvalue weighted by atomic mass is 10.1. The van der Waals surface area contributed by atoms with Crippen LogP contribution in [0.2, 0.25) is 5.02 Å². The van der Waals surface area contributed by atoms with Crippen LogP contribution >= 0.6 is 11.6 Å². The first kappa shape index (κ1) is 16.7. The molecule has 0 fully saturated rings. The van der Waals surface area contributed by atoms with Gasteiger partial charge in [-0.15, -0.1) is 0 Å². The first-order valence-corrected chi connectivity index (χ1v) is 7.74. The molecule has 0 bridgehead atoms. The Hall–Kier alpha value is -3.12. The zero-order chi connectivity index (χ0) is 18.0. The Morgan fingerprint density at radius 1 is 1.16 bits per heavy atom. The van der Waals surface area contributed by atoms with Gasteiger partial charge in [0.25, 0.3) is 11.6 Å². The summed E-state index contributed by atoms with van der Waals surface area (Å²) in [5.41, 5.74) is 1.86. The molecule has 0 aliphatic carbocycles. The topological polar surface area (TPSA) is 85.4 Å². The Morgan fingerprint density at radius 2 is 1.92 bits per heavy atom. The van der Waals surface area contributed by atoms with Crippen LogP contribution in [0.4, 0.5) is 11.4 Å². The quantitative estimate of drug-likeness (QED) is 0.522. The van der Waals surface area contributed by atoms with Gasteiger partial charge in [0.05, 0.1) is 4.92 Å². The van der Waals surface area contributed by atoms with E-state index in [9.17, 15) is 14.9 Å². The molecule has 0 radical (unpaired) electrons. The fourth-order valence-corrected chi connectivity index (χ4v) is 2.54. The van der Waals surface area contributed by atoms with Crippen molar-refractivity contribution in [1.29, 1.82) is 0 Å². The maximum Gasteiger partial charge on any atom is 0.291 e. The van der Waals surface area contributed by atoms with E-state index < -0.39 is 10.8 Å². The summed E-state index contributed by atoms with van der Waals surface area (Å²) >= 11 is 6.10. The maximum absolute atomic E-state index is 12.3. The van der Waals surface area contributed by atoms with Crippen LogP contribution in [-0.4, -0.2) is 10.8 Å². The van der Waals surface area contributed by atoms with Gasteiger partial charge in [0.15, 0.2) is 5.76 Å². The van der Waals surface area contributed by atoms with Gasteiger partial charge >= 0.3 is 0 Å². The number of benzene rings is 2. The number of halogens is 1. The number of hydrogen-bond acceptors (Lipinski definition) is 4. The van der Waals surface area contributed by atoms with E-state index in [2.05, 4.69) is 5.32 Å². The van der Waals surface area contributed by atoms with Gasteiger partial charge in [-0.1, -0.05) is 29.8 Å². The second-order valence-electron chi connectivity index (χ2n) is 5.34. The molecule has 0 unspecified atom stereocenters. The van der Waals surface area contributed by atoms with Gasteiger partial charge in [-0.25, -0.2) is 0 Å². The number of amides is 1. The molecule has 25 heavy (non-hydrogen) atoms. The normalized spacial score (nSPS) is 10.5. The fraction of sp³-hybridized carbons (Fsp3) is 0.0556. The highest BCUT2D eigenvalue weighted by Gasteiger charge is 2.15. The summed E-state index contributed by atoms with van der Waals surface area (Å²) < 4.78 is 5.61. The number of hydrogen-bond donors (Lipinski definition) is 1. The lowest BCUT2D eigenvalue weighted by molar-refractivity contribution is -0.384. The monoisotopic (exact) mass is 356 g/mol. The van der Waals surface area contributed by atoms with E-state index >= 15 is 0 Å². The average molecular weight is 357 g/mol. The molecule has 1 heterocycles. The standard InChI is InChI=1S/C18H13ClN2O4/c1-11-14(6-3-7-15(11)19)16-8-9-17(25-16)18(22)20-12-4-2-5-13(10-12)21(23)24/h2-10H,1H3,(H,20,22). The van der Waals surface area contributed by atoms with Crippen LogP contribution in [0, 0.1) is 17.0 Å². The van der Waals surface area contributed by atoms with Gasteiger partial charge in [0, 0.05) is 28.4 Å². The minimum absolute atomic E-state index is 0.0980. The van der Waals surface area contributed by atoms with Gasteiger partial charge in [-0.2, -0.15) is 0 Å². The number of carbonyl (C=O) groups is 1. The first-order chi connectivity index (χ1) is 12.0. The van der Waals surface area contributed by atoms with Crippen molar-refractivity contribution in [2.75, 3.05) is 5.32 Å². The van der Waals surface area contributed by atoms with Crippen LogP contribution in [0.3, 0.4) is 0 Å². The van der Waals surface area contributed by atoms with E-state index in [4.69, 9.17) is 16.0 Å². The number of nitro groups is 1. The lowest BCUT2D eigenvalue weighted by Crippen LogP contribution is -2.10. The van der Waals surface area contributed by atoms with Crippen LogP contribution in [0.1, 0.15) is 16.1 Å². The van der Waals surface area contributed by atoms with Crippen molar-refractivity contribution >= 4 is 28.9 Å². The molecular formula is C18H13ClN2O4. The number of anilines is 1. The number of nitro benzene ring substituents is 1. The van der Waals surface area contributed by atoms with E-state index in [1.807, 2.05) is 13.0 Å². The number of rotatable bonds is 4. The minimum atomic E-state index is -0.525. The second-order valence-corrected chi connectivity index (χ2v) is 5.75. The SMILES string of the molecule is Cc1c(Cl)cccc1-c1ccc(C(=O)Nc2cccc([N+](=O)[O-])c2)o1. The summed E-state index contributed by atoms with van der Waals surface area (Å²) in [6.07, 6.45) is 0. The van der Waals surface area contributed by atoms with Crippen LogP contribution < -0.4 is 5.32 Å². The minimum Gasteiger partial charge on any atom is -0.451 e. The first-order valence-electron chi connectivity index (χ1n) is 7.37. The number of nitrogens with one attached hydrogen (secondary N) is 1. The predicted octanol–water partition coefficient (Wildman–Crippen LogP) is 5.07. The molecule has 1 amide bonds. The highest BCUT2D eigenvalue weighted by molar-refractivity contribution is 6.31. The Balaban J connectivity index is 1.83. The van der Waals surface area contributed by atoms with Crippen LogP contribution in [0.15, 0.2) is 59.0 Å². The van der Waals surface area contributed by atoms with Gasteiger partial charge in [-0.3, -0.25) is 14.9 Å². The highest BCUT2D eigenvalue weighted by Crippen LogP contribution is 2.30. The molecule has 3 rings (SSSR count). The van der Waals surface area contributed by atoms with Gasteiger partial charge < -0.3 is 9.73 Å². The predicted molar refractivity (Wildman–Crippen MR) is 94.9 cm³/mol. The van der Waals surface area contributed by atoms with Gasteiger partial charge in [0.1, 0.15) is 5.76 Å². The summed E-state index contributed by atoms with van der Waals surface area (Å²) in [5.74, 6) is 0.122. The van der Waals surface area contributed by atoms with Crippen molar-refractivity contribution in [3.63, 3.8) is 0 Å². The molecule has 0 saturated carbocycles. The molecule has 1 N–H and O–H groups in total. The third-order valence-corrected chi connectivity index (χ3v) is 4.09. The van der Waals surface area contributed by atoms with E-state index in [0.717, 1.165) is 11.1 Å². The zero-order valence-corrected chi connectivity index (χ0v) is 13.9. The molecule has 126 valence electrons. The molecule has 0 saturated heterocycles. The van der Waals surface area contributed by atoms with Crippen LogP contribution in [0.25, 0.3) is 11.3 Å². The Labute approximate surface area is 148 Å². The molecule has 0 spiro atoms. The maximum atomic E-state index is 12.3. The molecule has 3 aromatic rings. The summed E-state index contributed by atoms with van der Waals surface area (Å²) in [6.45, 7) is 1.86. The number of non-ortho nitro benzene ring substituents is 1. The van der Waals surface area contributed by atoms with E-state index in [1.54, 1.807) is 30.3 Å². The molecule has 7 heteroatoms. The average Bonchev–Trinajstić information content (AvgIpc) is 3.07. The van der Waals surface area contributed by atoms with E-state index in [-0.39, 0.29) is 11.4 Å². The smallest absolute Gasteiger partial charge is 0.291 e. The van der Waals surface area contributed by atoms with Gasteiger partial charge in [0.2, 0.25) is 0 Å². The number of nitrogens with zero attached hydrogens (tertiary/aromatic N) is 1. The zero-order valence-electron chi connectivity index (χ0n) is 13.2. The number of carbonyl (C=O) groups excluding carboxylic acids is 1. The van der Waals surface area contributed by atoms with Crippen molar-refractivity contribution in [3.8, 4) is 11.3 Å². The molecule has 0 aliphatic heterocycles. The third kappa shape index (κ3) is 3.54. The van der Waals surface area contributed by atoms with Gasteiger partial charge in [-0.05, 0) is 36.8 Å². The highest BCUT2D eigenvalue weighted by atomic mass is 35.5. The summed E-state index contributed by atoms with van der Waals surface area (Å²) in [4.78, 5) is 22.6. The lowest BCUT2D eigenvalue weighted by Gasteiger charge is -2.05. The van der Waals surface area contributed by atoms with E-state index in [1.165, 1.54) is 18.2 Å². The summed E-state index contributed by atoms with van der Waals surface area (Å²) in [6, 6.07) is 14.3. The Bertz CT molecular complexity index is 965. The molecule has 1 aromatic heterocycles. The molecule has 0 atom stereocenters. The molecule has 6 nitrogen and oxygen atoms in total. The molecular weight excluding hydrogens is 344 g/mol. The van der Waals surface area contributed by atoms with Crippen molar-refractivity contribution in [2.24, 2.45) is 0 Å². The second kappa shape index (κ2) is 6.78. The summed E-state index contributed by atoms with van der Waals surface area (Å²) in [5, 5.41) is 14.0. The fourth-order valence-electron chi connectivity index (χ4n) is 2.37. The largest absolute Gasteiger partial charge is 0.451 e. The Kier molecular flexibility index (Phi) is 4.54. The number of furan rings is 1. The van der Waals surface area contributed by atoms with Crippen LogP contribution in [0.5, 0.6) is 0 Å². The third-order valence-electron chi connectivity index (χ3n) is 3.68. The van der Waals surface area contributed by atoms with Crippen molar-refractivity contribution in [1.82, 2.24) is 0 Å². The van der Waals surface area contributed by atoms with Crippen molar-refractivity contribution in [3.05, 3.63) is 81.1 Å². The summed E-state index contributed by atoms with van der Waals surface area (Å²) in [7, 11) is 0. The van der Waals surface area contributed by atoms with E-state index in [0.29, 0.717) is 16.5 Å². The van der Waals surface area contributed by atoms with Crippen molar-refractivity contribution in [2.45, 2.75) is 6.92 Å².